The van der Waals surface area contributed by atoms with Crippen molar-refractivity contribution >= 4 is 22.4 Å². The molecule has 24 heavy (non-hydrogen) atoms. The number of aromatic nitrogens is 3. The summed E-state index contributed by atoms with van der Waals surface area (Å²) >= 11 is 0. The maximum absolute atomic E-state index is 10.8. The maximum atomic E-state index is 10.8. The van der Waals surface area contributed by atoms with Gasteiger partial charge in [-0.15, -0.1) is 0 Å². The Hall–Kier alpha value is -2.96. The van der Waals surface area contributed by atoms with Crippen LogP contribution < -0.4 is 4.90 Å². The van der Waals surface area contributed by atoms with Crippen molar-refractivity contribution in [1.29, 1.82) is 0 Å². The Morgan fingerprint density at radius 1 is 1.29 bits per heavy atom. The molecule has 0 fully saturated rings. The van der Waals surface area contributed by atoms with E-state index in [4.69, 9.17) is 0 Å². The highest BCUT2D eigenvalue weighted by Crippen LogP contribution is 2.22. The van der Waals surface area contributed by atoms with Crippen molar-refractivity contribution in [2.45, 2.75) is 19.9 Å². The minimum absolute atomic E-state index is 0.0844. The number of hydrogen-bond donors (Lipinski definition) is 0. The Bertz CT molecular complexity index is 874. The number of fused-ring (bicyclic) bond motifs is 1. The molecular weight excluding hydrogens is 306 g/mol. The van der Waals surface area contributed by atoms with Crippen LogP contribution >= 0.6 is 0 Å². The minimum Gasteiger partial charge on any atom is -0.360 e. The van der Waals surface area contributed by atoms with Crippen molar-refractivity contribution in [1.82, 2.24) is 14.5 Å². The summed E-state index contributed by atoms with van der Waals surface area (Å²) in [5.41, 5.74) is 0.844. The number of nitro groups is 1. The fraction of sp³-hybridized carbons (Fsp3) is 0.294. The van der Waals surface area contributed by atoms with E-state index in [1.54, 1.807) is 12.1 Å². The van der Waals surface area contributed by atoms with Gasteiger partial charge in [0.2, 0.25) is 0 Å². The summed E-state index contributed by atoms with van der Waals surface area (Å²) in [7, 11) is 2.00. The second-order valence-corrected chi connectivity index (χ2v) is 5.75. The second-order valence-electron chi connectivity index (χ2n) is 5.75. The third-order valence-corrected chi connectivity index (χ3v) is 4.08. The van der Waals surface area contributed by atoms with Crippen LogP contribution in [-0.2, 0) is 6.54 Å². The maximum Gasteiger partial charge on any atom is 0.270 e. The van der Waals surface area contributed by atoms with E-state index in [-0.39, 0.29) is 5.69 Å². The quantitative estimate of drug-likeness (QED) is 0.514. The van der Waals surface area contributed by atoms with Gasteiger partial charge < -0.3 is 9.47 Å². The molecule has 2 heterocycles. The molecule has 2 aromatic heterocycles. The standard InChI is InChI=1S/C17H19N5O2/c1-13-18-8-11-21(13)10-3-9-20(2)17-7-4-14-12-15(22(23)24)5-6-16(14)19-17/h4-8,11-12H,3,9-10H2,1-2H3. The van der Waals surface area contributed by atoms with Crippen molar-refractivity contribution in [3.8, 4) is 0 Å². The lowest BCUT2D eigenvalue weighted by molar-refractivity contribution is -0.384. The lowest BCUT2D eigenvalue weighted by Gasteiger charge is -2.18. The zero-order chi connectivity index (χ0) is 17.1. The summed E-state index contributed by atoms with van der Waals surface area (Å²) in [5.74, 6) is 1.88. The molecule has 0 aliphatic heterocycles. The fourth-order valence-corrected chi connectivity index (χ4v) is 2.66. The van der Waals surface area contributed by atoms with Gasteiger partial charge in [0.1, 0.15) is 11.6 Å². The highest BCUT2D eigenvalue weighted by Gasteiger charge is 2.09. The summed E-state index contributed by atoms with van der Waals surface area (Å²) in [5, 5.41) is 11.6. The van der Waals surface area contributed by atoms with Gasteiger partial charge in [0.05, 0.1) is 10.4 Å². The molecule has 0 N–H and O–H groups in total. The van der Waals surface area contributed by atoms with E-state index >= 15 is 0 Å². The lowest BCUT2D eigenvalue weighted by Crippen LogP contribution is -2.21. The molecule has 0 atom stereocenters. The van der Waals surface area contributed by atoms with Crippen molar-refractivity contribution in [3.05, 3.63) is 58.7 Å². The molecule has 0 spiro atoms. The Morgan fingerprint density at radius 3 is 2.83 bits per heavy atom. The van der Waals surface area contributed by atoms with Crippen molar-refractivity contribution in [3.63, 3.8) is 0 Å². The predicted molar refractivity (Wildman–Crippen MR) is 93.2 cm³/mol. The number of non-ortho nitro benzene ring substituents is 1. The van der Waals surface area contributed by atoms with E-state index in [0.717, 1.165) is 42.1 Å². The normalized spacial score (nSPS) is 10.9. The molecular formula is C17H19N5O2. The smallest absolute Gasteiger partial charge is 0.270 e. The first-order valence-electron chi connectivity index (χ1n) is 7.78. The molecule has 124 valence electrons. The molecule has 0 amide bonds. The molecule has 0 saturated heterocycles. The number of benzene rings is 1. The van der Waals surface area contributed by atoms with Gasteiger partial charge >= 0.3 is 0 Å². The van der Waals surface area contributed by atoms with Crippen molar-refractivity contribution in [2.24, 2.45) is 0 Å². The van der Waals surface area contributed by atoms with E-state index in [1.807, 2.05) is 38.5 Å². The average molecular weight is 325 g/mol. The van der Waals surface area contributed by atoms with Crippen LogP contribution in [0.25, 0.3) is 10.9 Å². The largest absolute Gasteiger partial charge is 0.360 e. The van der Waals surface area contributed by atoms with Crippen LogP contribution in [0.15, 0.2) is 42.7 Å². The number of nitro benzene ring substituents is 1. The van der Waals surface area contributed by atoms with Crippen LogP contribution in [-0.4, -0.2) is 33.1 Å². The molecule has 0 aliphatic rings. The Labute approximate surface area is 139 Å². The highest BCUT2D eigenvalue weighted by molar-refractivity contribution is 5.82. The van der Waals surface area contributed by atoms with E-state index in [1.165, 1.54) is 6.07 Å². The molecule has 0 unspecified atom stereocenters. The molecule has 7 heteroatoms. The van der Waals surface area contributed by atoms with Gasteiger partial charge in [-0.25, -0.2) is 9.97 Å². The van der Waals surface area contributed by atoms with E-state index in [2.05, 4.69) is 19.4 Å². The number of imidazole rings is 1. The Kier molecular flexibility index (Phi) is 4.41. The Balaban J connectivity index is 1.68. The van der Waals surface area contributed by atoms with Gasteiger partial charge in [-0.2, -0.15) is 0 Å². The van der Waals surface area contributed by atoms with Gasteiger partial charge in [0, 0.05) is 50.0 Å². The number of pyridine rings is 1. The van der Waals surface area contributed by atoms with Crippen LogP contribution in [0.2, 0.25) is 0 Å². The second kappa shape index (κ2) is 6.66. The van der Waals surface area contributed by atoms with Gasteiger partial charge in [-0.05, 0) is 31.5 Å². The predicted octanol–water partition coefficient (Wildman–Crippen LogP) is 3.17. The third-order valence-electron chi connectivity index (χ3n) is 4.08. The molecule has 0 bridgehead atoms. The van der Waals surface area contributed by atoms with Crippen LogP contribution in [0.5, 0.6) is 0 Å². The summed E-state index contributed by atoms with van der Waals surface area (Å²) in [6, 6.07) is 8.50. The SMILES string of the molecule is Cc1nccn1CCCN(C)c1ccc2cc([N+](=O)[O-])ccc2n1. The van der Waals surface area contributed by atoms with Crippen LogP contribution in [0.3, 0.4) is 0 Å². The van der Waals surface area contributed by atoms with Crippen LogP contribution in [0.4, 0.5) is 11.5 Å². The lowest BCUT2D eigenvalue weighted by atomic mass is 10.2. The van der Waals surface area contributed by atoms with Crippen molar-refractivity contribution < 1.29 is 4.92 Å². The van der Waals surface area contributed by atoms with Gasteiger partial charge in [0.15, 0.2) is 0 Å². The summed E-state index contributed by atoms with van der Waals surface area (Å²) in [4.78, 5) is 21.3. The first-order chi connectivity index (χ1) is 11.5. The van der Waals surface area contributed by atoms with E-state index in [9.17, 15) is 10.1 Å². The van der Waals surface area contributed by atoms with Gasteiger partial charge in [0.25, 0.3) is 5.69 Å². The Morgan fingerprint density at radius 2 is 2.12 bits per heavy atom. The topological polar surface area (TPSA) is 77.1 Å². The highest BCUT2D eigenvalue weighted by atomic mass is 16.6. The monoisotopic (exact) mass is 325 g/mol. The first-order valence-corrected chi connectivity index (χ1v) is 7.78. The number of aryl methyl sites for hydroxylation is 2. The number of rotatable bonds is 6. The molecule has 1 aromatic carbocycles. The third kappa shape index (κ3) is 3.34. The molecule has 3 rings (SSSR count). The number of anilines is 1. The number of nitrogens with zero attached hydrogens (tertiary/aromatic N) is 5. The zero-order valence-electron chi connectivity index (χ0n) is 13.7. The van der Waals surface area contributed by atoms with Crippen molar-refractivity contribution in [2.75, 3.05) is 18.5 Å². The van der Waals surface area contributed by atoms with Crippen LogP contribution in [0.1, 0.15) is 12.2 Å². The van der Waals surface area contributed by atoms with E-state index < -0.39 is 4.92 Å². The van der Waals surface area contributed by atoms with Gasteiger partial charge in [-0.3, -0.25) is 10.1 Å². The zero-order valence-corrected chi connectivity index (χ0v) is 13.7. The fourth-order valence-electron chi connectivity index (χ4n) is 2.66. The molecule has 0 aliphatic carbocycles. The molecule has 0 saturated carbocycles. The summed E-state index contributed by atoms with van der Waals surface area (Å²) in [6.45, 7) is 3.77. The summed E-state index contributed by atoms with van der Waals surface area (Å²) in [6.07, 6.45) is 4.77. The van der Waals surface area contributed by atoms with Gasteiger partial charge in [-0.1, -0.05) is 0 Å². The summed E-state index contributed by atoms with van der Waals surface area (Å²) < 4.78 is 2.13. The average Bonchev–Trinajstić information content (AvgIpc) is 2.98. The number of hydrogen-bond acceptors (Lipinski definition) is 5. The first kappa shape index (κ1) is 15.9. The van der Waals surface area contributed by atoms with Crippen LogP contribution in [0, 0.1) is 17.0 Å². The van der Waals surface area contributed by atoms with E-state index in [0.29, 0.717) is 0 Å². The molecule has 7 nitrogen and oxygen atoms in total. The molecule has 0 radical (unpaired) electrons. The minimum atomic E-state index is -0.391. The molecule has 3 aromatic rings.